The second kappa shape index (κ2) is 9.70. The van der Waals surface area contributed by atoms with E-state index in [1.807, 2.05) is 30.5 Å². The van der Waals surface area contributed by atoms with E-state index in [-0.39, 0.29) is 17.4 Å². The number of methoxy groups -OCH3 is 2. The number of rotatable bonds is 7. The van der Waals surface area contributed by atoms with Crippen LogP contribution in [0.5, 0.6) is 11.5 Å². The van der Waals surface area contributed by atoms with Crippen LogP contribution in [-0.2, 0) is 16.1 Å². The number of aromatic nitrogens is 2. The normalized spacial score (nSPS) is 15.1. The molecule has 1 aromatic carbocycles. The first-order valence-electron chi connectivity index (χ1n) is 10.7. The molecule has 170 valence electrons. The van der Waals surface area contributed by atoms with Gasteiger partial charge in [-0.25, -0.2) is 4.98 Å². The molecular weight excluding hydrogens is 430 g/mol. The summed E-state index contributed by atoms with van der Waals surface area (Å²) in [4.78, 5) is 35.5. The van der Waals surface area contributed by atoms with Crippen LogP contribution in [0.1, 0.15) is 25.6 Å². The fraction of sp³-hybridized carbons (Fsp3) is 0.435. The highest BCUT2D eigenvalue weighted by molar-refractivity contribution is 7.17. The van der Waals surface area contributed by atoms with Crippen LogP contribution in [0.25, 0.3) is 21.3 Å². The summed E-state index contributed by atoms with van der Waals surface area (Å²) in [5, 5.41) is 2.52. The van der Waals surface area contributed by atoms with E-state index in [1.54, 1.807) is 14.2 Å². The highest BCUT2D eigenvalue weighted by Crippen LogP contribution is 2.36. The van der Waals surface area contributed by atoms with Crippen LogP contribution >= 0.6 is 11.3 Å². The second-order valence-corrected chi connectivity index (χ2v) is 8.57. The Morgan fingerprint density at radius 1 is 1.22 bits per heavy atom. The highest BCUT2D eigenvalue weighted by Gasteiger charge is 2.26. The van der Waals surface area contributed by atoms with Crippen molar-refractivity contribution in [3.05, 3.63) is 39.8 Å². The minimum absolute atomic E-state index is 0.0398. The number of nitrogens with zero attached hydrogens (tertiary/aromatic N) is 2. The molecule has 4 rings (SSSR count). The summed E-state index contributed by atoms with van der Waals surface area (Å²) in [5.41, 5.74) is 1.54. The van der Waals surface area contributed by atoms with Crippen LogP contribution in [0, 0.1) is 5.92 Å². The first kappa shape index (κ1) is 22.3. The maximum absolute atomic E-state index is 13.0. The minimum atomic E-state index is -0.155. The number of hydrogen-bond acceptors (Lipinski definition) is 8. The number of hydrogen-bond donors (Lipinski definition) is 1. The molecule has 0 unspecified atom stereocenters. The van der Waals surface area contributed by atoms with Gasteiger partial charge in [0, 0.05) is 10.9 Å². The fourth-order valence-corrected chi connectivity index (χ4v) is 5.05. The monoisotopic (exact) mass is 457 g/mol. The van der Waals surface area contributed by atoms with Crippen LogP contribution in [0.3, 0.4) is 0 Å². The van der Waals surface area contributed by atoms with Crippen molar-refractivity contribution in [3.8, 4) is 22.6 Å². The Hall–Kier alpha value is -2.91. The predicted molar refractivity (Wildman–Crippen MR) is 123 cm³/mol. The lowest BCUT2D eigenvalue weighted by Crippen LogP contribution is -2.37. The smallest absolute Gasteiger partial charge is 0.309 e. The zero-order valence-corrected chi connectivity index (χ0v) is 19.3. The van der Waals surface area contributed by atoms with E-state index in [9.17, 15) is 9.59 Å². The van der Waals surface area contributed by atoms with Crippen molar-refractivity contribution in [2.24, 2.45) is 5.92 Å². The van der Waals surface area contributed by atoms with Gasteiger partial charge in [-0.2, -0.15) is 0 Å². The summed E-state index contributed by atoms with van der Waals surface area (Å²) in [7, 11) is 3.18. The molecule has 3 aromatic rings. The molecule has 0 radical (unpaired) electrons. The number of ether oxygens (including phenoxy) is 3. The third-order valence-electron chi connectivity index (χ3n) is 5.77. The average molecular weight is 458 g/mol. The summed E-state index contributed by atoms with van der Waals surface area (Å²) in [5.74, 6) is 1.73. The number of carbonyl (C=O) groups excluding carboxylic acids is 1. The van der Waals surface area contributed by atoms with E-state index in [1.165, 1.54) is 11.3 Å². The number of nitrogens with one attached hydrogen (secondary N) is 1. The van der Waals surface area contributed by atoms with E-state index in [0.717, 1.165) is 37.1 Å². The van der Waals surface area contributed by atoms with Crippen LogP contribution < -0.4 is 15.0 Å². The van der Waals surface area contributed by atoms with Crippen molar-refractivity contribution in [2.45, 2.75) is 26.3 Å². The summed E-state index contributed by atoms with van der Waals surface area (Å²) in [6.07, 6.45) is 1.52. The molecule has 1 aliphatic rings. The molecule has 0 amide bonds. The lowest BCUT2D eigenvalue weighted by Gasteiger charge is -2.30. The van der Waals surface area contributed by atoms with Gasteiger partial charge >= 0.3 is 5.97 Å². The molecule has 1 saturated heterocycles. The highest BCUT2D eigenvalue weighted by atomic mass is 32.1. The van der Waals surface area contributed by atoms with Gasteiger partial charge in [-0.3, -0.25) is 14.5 Å². The van der Waals surface area contributed by atoms with E-state index < -0.39 is 0 Å². The van der Waals surface area contributed by atoms with Gasteiger partial charge < -0.3 is 19.2 Å². The van der Waals surface area contributed by atoms with E-state index in [4.69, 9.17) is 19.2 Å². The molecule has 3 heterocycles. The van der Waals surface area contributed by atoms with Crippen molar-refractivity contribution < 1.29 is 19.0 Å². The predicted octanol–water partition coefficient (Wildman–Crippen LogP) is 3.44. The van der Waals surface area contributed by atoms with Crippen LogP contribution in [0.2, 0.25) is 0 Å². The maximum atomic E-state index is 13.0. The number of piperidine rings is 1. The van der Waals surface area contributed by atoms with Crippen LogP contribution in [-0.4, -0.2) is 54.8 Å². The summed E-state index contributed by atoms with van der Waals surface area (Å²) >= 11 is 1.45. The van der Waals surface area contributed by atoms with Gasteiger partial charge in [0.1, 0.15) is 10.7 Å². The fourth-order valence-electron chi connectivity index (χ4n) is 4.08. The van der Waals surface area contributed by atoms with Crippen molar-refractivity contribution in [3.63, 3.8) is 0 Å². The largest absolute Gasteiger partial charge is 0.493 e. The number of esters is 1. The lowest BCUT2D eigenvalue weighted by molar-refractivity contribution is -0.149. The summed E-state index contributed by atoms with van der Waals surface area (Å²) in [6, 6.07) is 5.60. The summed E-state index contributed by atoms with van der Waals surface area (Å²) < 4.78 is 15.8. The zero-order chi connectivity index (χ0) is 22.7. The van der Waals surface area contributed by atoms with Gasteiger partial charge in [0.2, 0.25) is 0 Å². The number of thiophene rings is 1. The molecule has 0 atom stereocenters. The Morgan fingerprint density at radius 2 is 1.97 bits per heavy atom. The quantitative estimate of drug-likeness (QED) is 0.543. The number of H-pyrrole nitrogens is 1. The number of carbonyl (C=O) groups is 1. The molecule has 0 bridgehead atoms. The third kappa shape index (κ3) is 4.49. The topological polar surface area (TPSA) is 93.8 Å². The molecule has 1 N–H and O–H groups in total. The second-order valence-electron chi connectivity index (χ2n) is 7.71. The molecule has 8 nitrogen and oxygen atoms in total. The van der Waals surface area contributed by atoms with Gasteiger partial charge in [-0.15, -0.1) is 11.3 Å². The first-order valence-corrected chi connectivity index (χ1v) is 11.5. The Balaban J connectivity index is 1.53. The van der Waals surface area contributed by atoms with Gasteiger partial charge in [0.05, 0.1) is 38.7 Å². The average Bonchev–Trinajstić information content (AvgIpc) is 3.24. The zero-order valence-electron chi connectivity index (χ0n) is 18.5. The molecule has 32 heavy (non-hydrogen) atoms. The number of likely N-dealkylation sites (tertiary alicyclic amines) is 1. The Bertz CT molecular complexity index is 1160. The maximum Gasteiger partial charge on any atom is 0.309 e. The molecule has 2 aromatic heterocycles. The molecule has 1 fully saturated rings. The van der Waals surface area contributed by atoms with Crippen molar-refractivity contribution >= 4 is 27.5 Å². The Morgan fingerprint density at radius 3 is 2.66 bits per heavy atom. The molecule has 0 saturated carbocycles. The van der Waals surface area contributed by atoms with Gasteiger partial charge in [-0.1, -0.05) is 6.07 Å². The standard InChI is InChI=1S/C23H27N3O5S/c1-4-31-23(28)14-7-9-26(10-8-14)12-19-24-21(27)20-16(13-32-22(20)25-19)15-5-6-17(29-2)18(11-15)30-3/h5-6,11,13-14H,4,7-10,12H2,1-3H3,(H,24,25,27). The third-order valence-corrected chi connectivity index (χ3v) is 6.64. The minimum Gasteiger partial charge on any atom is -0.493 e. The SMILES string of the molecule is CCOC(=O)C1CCN(Cc2nc3scc(-c4ccc(OC)c(OC)c4)c3c(=O)[nH]2)CC1. The summed E-state index contributed by atoms with van der Waals surface area (Å²) in [6.45, 7) is 4.33. The number of benzene rings is 1. The molecule has 0 aliphatic carbocycles. The van der Waals surface area contributed by atoms with Gasteiger partial charge in [0.25, 0.3) is 5.56 Å². The first-order chi connectivity index (χ1) is 15.5. The van der Waals surface area contributed by atoms with Crippen molar-refractivity contribution in [2.75, 3.05) is 33.9 Å². The van der Waals surface area contributed by atoms with Gasteiger partial charge in [0.15, 0.2) is 11.5 Å². The van der Waals surface area contributed by atoms with Crippen LogP contribution in [0.4, 0.5) is 0 Å². The Labute approximate surface area is 190 Å². The Kier molecular flexibility index (Phi) is 6.76. The molecule has 0 spiro atoms. The van der Waals surface area contributed by atoms with Crippen LogP contribution in [0.15, 0.2) is 28.4 Å². The molecule has 9 heteroatoms. The number of fused-ring (bicyclic) bond motifs is 1. The van der Waals surface area contributed by atoms with E-state index in [2.05, 4.69) is 9.88 Å². The van der Waals surface area contributed by atoms with E-state index >= 15 is 0 Å². The number of aromatic amines is 1. The van der Waals surface area contributed by atoms with Crippen molar-refractivity contribution in [1.82, 2.24) is 14.9 Å². The molecule has 1 aliphatic heterocycles. The van der Waals surface area contributed by atoms with E-state index in [0.29, 0.717) is 40.7 Å². The lowest BCUT2D eigenvalue weighted by atomic mass is 9.97. The molecular formula is C23H27N3O5S. The van der Waals surface area contributed by atoms with Gasteiger partial charge in [-0.05, 0) is 50.6 Å². The van der Waals surface area contributed by atoms with Crippen molar-refractivity contribution in [1.29, 1.82) is 0 Å².